The van der Waals surface area contributed by atoms with E-state index < -0.39 is 28.7 Å². The number of aldehydes is 1. The number of hydrogen-bond acceptors (Lipinski definition) is 5. The van der Waals surface area contributed by atoms with E-state index in [1.807, 2.05) is 4.98 Å². The summed E-state index contributed by atoms with van der Waals surface area (Å²) in [5.41, 5.74) is -2.38. The third-order valence-corrected chi connectivity index (χ3v) is 1.55. The van der Waals surface area contributed by atoms with Crippen LogP contribution >= 0.6 is 0 Å². The van der Waals surface area contributed by atoms with E-state index >= 15 is 0 Å². The highest BCUT2D eigenvalue weighted by Gasteiger charge is 2.11. The maximum Gasteiger partial charge on any atom is 0.329 e. The van der Waals surface area contributed by atoms with E-state index in [1.54, 1.807) is 0 Å². The summed E-state index contributed by atoms with van der Waals surface area (Å²) in [4.78, 5) is 34.3. The van der Waals surface area contributed by atoms with Crippen LogP contribution in [0.4, 0.5) is 5.69 Å². The van der Waals surface area contributed by atoms with Gasteiger partial charge < -0.3 is 15.0 Å². The molecule has 1 aromatic rings. The van der Waals surface area contributed by atoms with Crippen molar-refractivity contribution in [3.8, 4) is 0 Å². The Labute approximate surface area is 76.6 Å². The zero-order chi connectivity index (χ0) is 10.7. The van der Waals surface area contributed by atoms with Crippen molar-refractivity contribution in [2.45, 2.75) is 6.54 Å². The Bertz CT molecular complexity index is 446. The number of rotatable bonds is 3. The molecule has 0 saturated carbocycles. The minimum Gasteiger partial charge on any atom is -0.595 e. The Balaban J connectivity index is 3.41. The van der Waals surface area contributed by atoms with Crippen molar-refractivity contribution in [1.82, 2.24) is 9.55 Å². The largest absolute Gasteiger partial charge is 0.595 e. The molecule has 0 aromatic carbocycles. The molecule has 0 aliphatic carbocycles. The fourth-order valence-electron chi connectivity index (χ4n) is 0.905. The second-order valence-electron chi connectivity index (χ2n) is 2.40. The Morgan fingerprint density at radius 1 is 1.64 bits per heavy atom. The molecule has 0 amide bonds. The molecule has 1 heterocycles. The van der Waals surface area contributed by atoms with Crippen LogP contribution in [0.3, 0.4) is 0 Å². The summed E-state index contributed by atoms with van der Waals surface area (Å²) in [6, 6.07) is 0. The number of H-pyrrole nitrogens is 1. The maximum atomic E-state index is 11.2. The Hall–Kier alpha value is -1.77. The molecule has 8 heteroatoms. The quantitative estimate of drug-likeness (QED) is 0.359. The van der Waals surface area contributed by atoms with Crippen molar-refractivity contribution in [2.75, 3.05) is 0 Å². The van der Waals surface area contributed by atoms with Gasteiger partial charge in [0.05, 0.1) is 12.7 Å². The van der Waals surface area contributed by atoms with E-state index in [-0.39, 0.29) is 0 Å². The van der Waals surface area contributed by atoms with Gasteiger partial charge in [-0.05, 0) is 0 Å². The van der Waals surface area contributed by atoms with Gasteiger partial charge in [-0.25, -0.2) is 14.6 Å². The molecule has 0 saturated heterocycles. The molecule has 0 fully saturated rings. The minimum atomic E-state index is -1.45. The molecule has 8 nitrogen and oxygen atoms in total. The molecule has 0 bridgehead atoms. The normalized spacial score (nSPS) is 12.4. The van der Waals surface area contributed by atoms with Gasteiger partial charge in [-0.2, -0.15) is 5.23 Å². The van der Waals surface area contributed by atoms with Crippen LogP contribution < -0.4 is 16.5 Å². The van der Waals surface area contributed by atoms with Crippen molar-refractivity contribution in [3.05, 3.63) is 32.2 Å². The average molecular weight is 201 g/mol. The Morgan fingerprint density at radius 2 is 2.29 bits per heavy atom. The van der Waals surface area contributed by atoms with Gasteiger partial charge in [0.25, 0.3) is 0 Å². The number of aromatic amines is 1. The van der Waals surface area contributed by atoms with Gasteiger partial charge in [-0.15, -0.1) is 0 Å². The van der Waals surface area contributed by atoms with Gasteiger partial charge in [-0.1, -0.05) is 0 Å². The number of carbonyl (C=O) groups is 1. The standard InChI is InChI=1S/C6H7N3O5/c10-2-1-8-5(11)4(9(13)14)3-7-6(8)12/h2-3,9,13H,1H2,(H,7,12). The molecule has 0 spiro atoms. The summed E-state index contributed by atoms with van der Waals surface area (Å²) in [6.45, 7) is -0.463. The van der Waals surface area contributed by atoms with E-state index in [9.17, 15) is 19.6 Å². The molecular formula is C6H7N3O5. The zero-order valence-corrected chi connectivity index (χ0v) is 6.89. The molecule has 1 rings (SSSR count). The summed E-state index contributed by atoms with van der Waals surface area (Å²) in [6.07, 6.45) is 1.14. The summed E-state index contributed by atoms with van der Waals surface area (Å²) < 4.78 is 0.510. The van der Waals surface area contributed by atoms with Crippen molar-refractivity contribution < 1.29 is 15.2 Å². The van der Waals surface area contributed by atoms with Gasteiger partial charge in [0.15, 0.2) is 0 Å². The van der Waals surface area contributed by atoms with E-state index in [4.69, 9.17) is 5.21 Å². The summed E-state index contributed by atoms with van der Waals surface area (Å²) >= 11 is 0. The number of carbonyl (C=O) groups excluding carboxylic acids is 1. The van der Waals surface area contributed by atoms with Crippen molar-refractivity contribution in [3.63, 3.8) is 0 Å². The highest BCUT2D eigenvalue weighted by molar-refractivity contribution is 5.49. The van der Waals surface area contributed by atoms with Gasteiger partial charge >= 0.3 is 11.2 Å². The number of aromatic nitrogens is 2. The molecular weight excluding hydrogens is 194 g/mol. The number of nitrogens with one attached hydrogen (secondary N) is 2. The van der Waals surface area contributed by atoms with Crippen LogP contribution in [-0.4, -0.2) is 21.0 Å². The van der Waals surface area contributed by atoms with E-state index in [0.717, 1.165) is 6.20 Å². The first kappa shape index (κ1) is 10.3. The molecule has 1 unspecified atom stereocenters. The molecule has 0 radical (unpaired) electrons. The lowest BCUT2D eigenvalue weighted by atomic mass is 10.5. The third-order valence-electron chi connectivity index (χ3n) is 1.55. The summed E-state index contributed by atoms with van der Waals surface area (Å²) in [5.74, 6) is 0. The molecule has 3 N–H and O–H groups in total. The fourth-order valence-corrected chi connectivity index (χ4v) is 0.905. The smallest absolute Gasteiger partial charge is 0.329 e. The predicted octanol–water partition coefficient (Wildman–Crippen LogP) is -2.86. The highest BCUT2D eigenvalue weighted by Crippen LogP contribution is 1.82. The number of hydrogen-bond donors (Lipinski definition) is 3. The van der Waals surface area contributed by atoms with E-state index in [0.29, 0.717) is 10.9 Å². The third kappa shape index (κ3) is 1.76. The van der Waals surface area contributed by atoms with Crippen LogP contribution in [0.25, 0.3) is 0 Å². The van der Waals surface area contributed by atoms with E-state index in [2.05, 4.69) is 0 Å². The summed E-state index contributed by atoms with van der Waals surface area (Å²) in [7, 11) is 0. The lowest BCUT2D eigenvalue weighted by Crippen LogP contribution is -3.00. The molecule has 0 aliphatic heterocycles. The SMILES string of the molecule is O=CCn1c(=O)[nH]cc([NH+]([O-])O)c1=O. The molecule has 76 valence electrons. The van der Waals surface area contributed by atoms with Crippen molar-refractivity contribution in [1.29, 1.82) is 0 Å². The monoisotopic (exact) mass is 201 g/mol. The minimum absolute atomic E-state index is 0.336. The maximum absolute atomic E-state index is 11.2. The first-order valence-electron chi connectivity index (χ1n) is 3.57. The molecule has 1 aromatic heterocycles. The van der Waals surface area contributed by atoms with Crippen LogP contribution in [0.5, 0.6) is 0 Å². The van der Waals surface area contributed by atoms with Crippen molar-refractivity contribution >= 4 is 12.0 Å². The van der Waals surface area contributed by atoms with Gasteiger partial charge in [0.1, 0.15) is 6.29 Å². The number of quaternary nitrogens is 1. The van der Waals surface area contributed by atoms with Gasteiger partial charge in [-0.3, -0.25) is 4.79 Å². The highest BCUT2D eigenvalue weighted by atomic mass is 16.8. The Kier molecular flexibility index (Phi) is 2.92. The second kappa shape index (κ2) is 3.96. The predicted molar refractivity (Wildman–Crippen MR) is 43.2 cm³/mol. The number of nitrogens with zero attached hydrogens (tertiary/aromatic N) is 1. The second-order valence-corrected chi connectivity index (χ2v) is 2.40. The first-order chi connectivity index (χ1) is 6.57. The molecule has 0 aliphatic rings. The Morgan fingerprint density at radius 3 is 2.79 bits per heavy atom. The van der Waals surface area contributed by atoms with Crippen LogP contribution in [0, 0.1) is 5.21 Å². The summed E-state index contributed by atoms with van der Waals surface area (Å²) in [5, 5.41) is 17.5. The van der Waals surface area contributed by atoms with Gasteiger partial charge in [0, 0.05) is 0 Å². The van der Waals surface area contributed by atoms with Crippen LogP contribution in [0.2, 0.25) is 0 Å². The molecule has 1 atom stereocenters. The molecule has 14 heavy (non-hydrogen) atoms. The lowest BCUT2D eigenvalue weighted by Gasteiger charge is -2.10. The van der Waals surface area contributed by atoms with Gasteiger partial charge in [0.2, 0.25) is 5.69 Å². The first-order valence-corrected chi connectivity index (χ1v) is 3.57. The van der Waals surface area contributed by atoms with Crippen LogP contribution in [0.15, 0.2) is 15.8 Å². The zero-order valence-electron chi connectivity index (χ0n) is 6.89. The van der Waals surface area contributed by atoms with Crippen LogP contribution in [-0.2, 0) is 11.3 Å². The topological polar surface area (TPSA) is 120 Å². The lowest BCUT2D eigenvalue weighted by molar-refractivity contribution is -0.992. The average Bonchev–Trinajstić information content (AvgIpc) is 2.11. The van der Waals surface area contributed by atoms with Crippen molar-refractivity contribution in [2.24, 2.45) is 0 Å². The van der Waals surface area contributed by atoms with Crippen LogP contribution in [0.1, 0.15) is 0 Å². The fraction of sp³-hybridized carbons (Fsp3) is 0.167. The van der Waals surface area contributed by atoms with E-state index in [1.165, 1.54) is 0 Å².